The van der Waals surface area contributed by atoms with Crippen molar-refractivity contribution >= 4 is 0 Å². The van der Waals surface area contributed by atoms with Crippen molar-refractivity contribution in [2.24, 2.45) is 0 Å². The molecule has 1 rings (SSSR count). The summed E-state index contributed by atoms with van der Waals surface area (Å²) in [4.78, 5) is 0. The van der Waals surface area contributed by atoms with E-state index in [1.54, 1.807) is 13.1 Å². The van der Waals surface area contributed by atoms with Crippen molar-refractivity contribution < 1.29 is 9.60 Å². The summed E-state index contributed by atoms with van der Waals surface area (Å²) in [7, 11) is 1.55. The van der Waals surface area contributed by atoms with Crippen LogP contribution in [0.4, 0.5) is 4.39 Å². The molecule has 0 bridgehead atoms. The van der Waals surface area contributed by atoms with E-state index in [9.17, 15) is 4.39 Å². The Hall–Kier alpha value is -0.930. The van der Waals surface area contributed by atoms with Crippen molar-refractivity contribution in [2.45, 2.75) is 26.3 Å². The van der Waals surface area contributed by atoms with Gasteiger partial charge in [-0.25, -0.2) is 4.39 Å². The first kappa shape index (κ1) is 11.1. The fourth-order valence-electron chi connectivity index (χ4n) is 1.52. The summed E-state index contributed by atoms with van der Waals surface area (Å²) in [5, 5.41) is 10.2. The van der Waals surface area contributed by atoms with Gasteiger partial charge in [-0.2, -0.15) is 5.06 Å². The zero-order valence-electron chi connectivity index (χ0n) is 8.79. The van der Waals surface area contributed by atoms with Crippen molar-refractivity contribution in [2.75, 3.05) is 7.05 Å². The maximum atomic E-state index is 13.0. The van der Waals surface area contributed by atoms with Crippen LogP contribution < -0.4 is 0 Å². The van der Waals surface area contributed by atoms with E-state index in [-0.39, 0.29) is 5.82 Å². The molecule has 0 aliphatic rings. The third-order valence-electron chi connectivity index (χ3n) is 2.13. The van der Waals surface area contributed by atoms with Gasteiger partial charge in [-0.05, 0) is 29.2 Å². The summed E-state index contributed by atoms with van der Waals surface area (Å²) < 4.78 is 13.0. The van der Waals surface area contributed by atoms with Gasteiger partial charge in [0.2, 0.25) is 0 Å². The minimum atomic E-state index is -0.258. The lowest BCUT2D eigenvalue weighted by Gasteiger charge is -2.15. The summed E-state index contributed by atoms with van der Waals surface area (Å²) in [5.41, 5.74) is 1.91. The molecular formula is C11H16FNO. The predicted molar refractivity (Wildman–Crippen MR) is 53.7 cm³/mol. The molecule has 0 saturated carbocycles. The molecule has 0 atom stereocenters. The van der Waals surface area contributed by atoms with Crippen LogP contribution in [-0.4, -0.2) is 17.3 Å². The minimum Gasteiger partial charge on any atom is -0.314 e. The van der Waals surface area contributed by atoms with Crippen molar-refractivity contribution in [1.29, 1.82) is 0 Å². The SMILES string of the molecule is CC(C)c1ccc(F)cc1CN(C)O. The van der Waals surface area contributed by atoms with Gasteiger partial charge >= 0.3 is 0 Å². The Morgan fingerprint density at radius 1 is 1.43 bits per heavy atom. The van der Waals surface area contributed by atoms with E-state index in [0.717, 1.165) is 16.2 Å². The Bertz CT molecular complexity index is 310. The van der Waals surface area contributed by atoms with Crippen LogP contribution in [0, 0.1) is 5.82 Å². The number of hydroxylamine groups is 2. The monoisotopic (exact) mass is 197 g/mol. The van der Waals surface area contributed by atoms with E-state index in [2.05, 4.69) is 0 Å². The van der Waals surface area contributed by atoms with Gasteiger partial charge in [0.05, 0.1) is 0 Å². The number of nitrogens with zero attached hydrogens (tertiary/aromatic N) is 1. The first-order chi connectivity index (χ1) is 6.50. The molecule has 3 heteroatoms. The van der Waals surface area contributed by atoms with Gasteiger partial charge < -0.3 is 5.21 Å². The second kappa shape index (κ2) is 4.53. The first-order valence-electron chi connectivity index (χ1n) is 4.69. The zero-order chi connectivity index (χ0) is 10.7. The molecule has 0 radical (unpaired) electrons. The maximum absolute atomic E-state index is 13.0. The summed E-state index contributed by atoms with van der Waals surface area (Å²) in [6.07, 6.45) is 0. The van der Waals surface area contributed by atoms with Crippen LogP contribution in [0.15, 0.2) is 18.2 Å². The van der Waals surface area contributed by atoms with Gasteiger partial charge in [0.1, 0.15) is 5.82 Å². The Morgan fingerprint density at radius 3 is 2.57 bits per heavy atom. The lowest BCUT2D eigenvalue weighted by molar-refractivity contribution is -0.0734. The van der Waals surface area contributed by atoms with Crippen LogP contribution in [0.25, 0.3) is 0 Å². The molecule has 0 heterocycles. The fraction of sp³-hybridized carbons (Fsp3) is 0.455. The number of rotatable bonds is 3. The molecule has 0 amide bonds. The van der Waals surface area contributed by atoms with Gasteiger partial charge in [0, 0.05) is 13.6 Å². The average Bonchev–Trinajstić information content (AvgIpc) is 2.01. The predicted octanol–water partition coefficient (Wildman–Crippen LogP) is 2.77. The van der Waals surface area contributed by atoms with Gasteiger partial charge in [-0.1, -0.05) is 19.9 Å². The van der Waals surface area contributed by atoms with Crippen LogP contribution in [-0.2, 0) is 6.54 Å². The van der Waals surface area contributed by atoms with E-state index in [4.69, 9.17) is 5.21 Å². The van der Waals surface area contributed by atoms with Crippen molar-refractivity contribution in [3.8, 4) is 0 Å². The summed E-state index contributed by atoms with van der Waals surface area (Å²) in [6, 6.07) is 4.71. The van der Waals surface area contributed by atoms with Gasteiger partial charge in [-0.3, -0.25) is 0 Å². The molecular weight excluding hydrogens is 181 g/mol. The molecule has 1 N–H and O–H groups in total. The molecule has 0 unspecified atom stereocenters. The highest BCUT2D eigenvalue weighted by Gasteiger charge is 2.08. The highest BCUT2D eigenvalue weighted by molar-refractivity contribution is 5.30. The molecule has 0 spiro atoms. The smallest absolute Gasteiger partial charge is 0.123 e. The fourth-order valence-corrected chi connectivity index (χ4v) is 1.52. The highest BCUT2D eigenvalue weighted by Crippen LogP contribution is 2.21. The van der Waals surface area contributed by atoms with Crippen molar-refractivity contribution in [3.63, 3.8) is 0 Å². The Balaban J connectivity index is 3.03. The standard InChI is InChI=1S/C11H16FNO/c1-8(2)11-5-4-10(12)6-9(11)7-13(3)14/h4-6,8,14H,7H2,1-3H3. The van der Waals surface area contributed by atoms with Crippen LogP contribution in [0.3, 0.4) is 0 Å². The summed E-state index contributed by atoms with van der Waals surface area (Å²) in [5.74, 6) is 0.0804. The van der Waals surface area contributed by atoms with E-state index in [1.807, 2.05) is 13.8 Å². The van der Waals surface area contributed by atoms with Gasteiger partial charge in [-0.15, -0.1) is 0 Å². The Labute approximate surface area is 83.9 Å². The normalized spacial score (nSPS) is 11.4. The molecule has 0 saturated heterocycles. The van der Waals surface area contributed by atoms with Crippen LogP contribution in [0.1, 0.15) is 30.9 Å². The number of hydrogen-bond donors (Lipinski definition) is 1. The van der Waals surface area contributed by atoms with Crippen LogP contribution in [0.5, 0.6) is 0 Å². The average molecular weight is 197 g/mol. The van der Waals surface area contributed by atoms with E-state index >= 15 is 0 Å². The highest BCUT2D eigenvalue weighted by atomic mass is 19.1. The van der Waals surface area contributed by atoms with Crippen LogP contribution in [0.2, 0.25) is 0 Å². The molecule has 0 aliphatic carbocycles. The lowest BCUT2D eigenvalue weighted by atomic mass is 9.97. The summed E-state index contributed by atoms with van der Waals surface area (Å²) >= 11 is 0. The Kier molecular flexibility index (Phi) is 3.61. The van der Waals surface area contributed by atoms with Crippen LogP contribution >= 0.6 is 0 Å². The molecule has 0 aliphatic heterocycles. The second-order valence-electron chi connectivity index (χ2n) is 3.81. The molecule has 14 heavy (non-hydrogen) atoms. The number of halogens is 1. The first-order valence-corrected chi connectivity index (χ1v) is 4.69. The topological polar surface area (TPSA) is 23.5 Å². The molecule has 0 fully saturated rings. The van der Waals surface area contributed by atoms with Crippen molar-refractivity contribution in [1.82, 2.24) is 5.06 Å². The lowest BCUT2D eigenvalue weighted by Crippen LogP contribution is -2.13. The second-order valence-corrected chi connectivity index (χ2v) is 3.81. The third-order valence-corrected chi connectivity index (χ3v) is 2.13. The molecule has 1 aromatic rings. The molecule has 1 aromatic carbocycles. The summed E-state index contributed by atoms with van der Waals surface area (Å²) in [6.45, 7) is 4.45. The number of benzene rings is 1. The largest absolute Gasteiger partial charge is 0.314 e. The van der Waals surface area contributed by atoms with E-state index in [1.165, 1.54) is 12.1 Å². The minimum absolute atomic E-state index is 0.258. The molecule has 78 valence electrons. The van der Waals surface area contributed by atoms with Gasteiger partial charge in [0.15, 0.2) is 0 Å². The molecule has 2 nitrogen and oxygen atoms in total. The third kappa shape index (κ3) is 2.79. The Morgan fingerprint density at radius 2 is 2.07 bits per heavy atom. The molecule has 0 aromatic heterocycles. The van der Waals surface area contributed by atoms with Gasteiger partial charge in [0.25, 0.3) is 0 Å². The maximum Gasteiger partial charge on any atom is 0.123 e. The van der Waals surface area contributed by atoms with Crippen molar-refractivity contribution in [3.05, 3.63) is 35.1 Å². The van der Waals surface area contributed by atoms with E-state index in [0.29, 0.717) is 12.5 Å². The zero-order valence-corrected chi connectivity index (χ0v) is 8.79. The quantitative estimate of drug-likeness (QED) is 0.753. The number of hydrogen-bond acceptors (Lipinski definition) is 2. The van der Waals surface area contributed by atoms with E-state index < -0.39 is 0 Å².